The number of carbonyl (C=O) groups is 1. The SMILES string of the molecule is CC[C@@H]1CN(C(N)=O)C[C@@H]1c1cnc2cnc3[nH]ccc3n12.[2H]C([2H])(C#N)C(C)(F)F. The van der Waals surface area contributed by atoms with Gasteiger partial charge in [0.2, 0.25) is 0 Å². The second kappa shape index (κ2) is 8.03. The van der Waals surface area contributed by atoms with Gasteiger partial charge in [-0.1, -0.05) is 13.3 Å². The number of fused-ring (bicyclic) bond motifs is 3. The van der Waals surface area contributed by atoms with E-state index in [2.05, 4.69) is 26.3 Å². The Balaban J connectivity index is 0.000000259. The van der Waals surface area contributed by atoms with Gasteiger partial charge in [0, 0.05) is 46.8 Å². The van der Waals surface area contributed by atoms with Crippen molar-refractivity contribution < 1.29 is 16.3 Å². The van der Waals surface area contributed by atoms with Gasteiger partial charge in [-0.15, -0.1) is 0 Å². The van der Waals surface area contributed by atoms with Gasteiger partial charge < -0.3 is 15.6 Å². The molecule has 2 amide bonds. The number of alkyl halides is 2. The standard InChI is InChI=1S/C15H18N6O.C4H5F2N/c1-2-9-7-20(15(16)22)8-10(9)12-5-18-13-6-19-14-11(21(12)13)3-4-17-14;1-4(5,6)2-3-7/h3-6,9-10,17H,2,7-8H2,1H3,(H2,16,22);2H2,1H3/t9-,10+;/m1./s1/i;2D2. The van der Waals surface area contributed by atoms with Gasteiger partial charge in [-0.05, 0) is 12.0 Å². The Kier molecular flexibility index (Phi) is 4.94. The number of imidazole rings is 1. The summed E-state index contributed by atoms with van der Waals surface area (Å²) in [5.74, 6) is -2.94. The summed E-state index contributed by atoms with van der Waals surface area (Å²) in [5.41, 5.74) is 9.27. The molecule has 8 nitrogen and oxygen atoms in total. The molecule has 0 radical (unpaired) electrons. The van der Waals surface area contributed by atoms with Crippen LogP contribution < -0.4 is 5.73 Å². The molecule has 1 saturated heterocycles. The molecule has 4 rings (SSSR count). The summed E-state index contributed by atoms with van der Waals surface area (Å²) in [6.45, 7) is 3.88. The van der Waals surface area contributed by atoms with E-state index in [0.29, 0.717) is 25.9 Å². The number of primary amides is 1. The fourth-order valence-corrected chi connectivity index (χ4v) is 3.65. The van der Waals surface area contributed by atoms with Crippen LogP contribution in [0.15, 0.2) is 24.7 Å². The van der Waals surface area contributed by atoms with E-state index in [1.54, 1.807) is 11.1 Å². The van der Waals surface area contributed by atoms with Crippen LogP contribution in [-0.2, 0) is 0 Å². The first-order valence-electron chi connectivity index (χ1n) is 10.1. The number of rotatable bonds is 3. The Morgan fingerprint density at radius 3 is 2.83 bits per heavy atom. The van der Waals surface area contributed by atoms with Crippen LogP contribution in [-0.4, -0.2) is 49.3 Å². The predicted octanol–water partition coefficient (Wildman–Crippen LogP) is 3.27. The number of amides is 2. The molecule has 0 unspecified atom stereocenters. The third kappa shape index (κ3) is 4.29. The molecule has 3 aromatic rings. The zero-order chi connectivity index (χ0) is 23.0. The average Bonchev–Trinajstić information content (AvgIpc) is 3.43. The Hall–Kier alpha value is -3.22. The molecule has 0 bridgehead atoms. The minimum absolute atomic E-state index is 0.244. The number of aromatic nitrogens is 4. The highest BCUT2D eigenvalue weighted by molar-refractivity contribution is 5.75. The van der Waals surface area contributed by atoms with Crippen molar-refractivity contribution in [2.75, 3.05) is 13.1 Å². The van der Waals surface area contributed by atoms with Crippen molar-refractivity contribution in [2.24, 2.45) is 11.7 Å². The van der Waals surface area contributed by atoms with Crippen molar-refractivity contribution in [3.05, 3.63) is 30.4 Å². The molecule has 3 aromatic heterocycles. The van der Waals surface area contributed by atoms with Crippen LogP contribution in [0.1, 0.15) is 41.0 Å². The van der Waals surface area contributed by atoms with Gasteiger partial charge in [0.1, 0.15) is 0 Å². The molecule has 1 fully saturated rings. The number of urea groups is 1. The molecular formula is C19H23F2N7O. The lowest BCUT2D eigenvalue weighted by Gasteiger charge is -2.16. The van der Waals surface area contributed by atoms with Crippen molar-refractivity contribution >= 4 is 22.8 Å². The number of nitrogens with one attached hydrogen (secondary N) is 1. The summed E-state index contributed by atoms with van der Waals surface area (Å²) >= 11 is 0. The van der Waals surface area contributed by atoms with E-state index < -0.39 is 12.3 Å². The summed E-state index contributed by atoms with van der Waals surface area (Å²) in [4.78, 5) is 25.2. The van der Waals surface area contributed by atoms with Gasteiger partial charge in [0.05, 0.1) is 24.2 Å². The lowest BCUT2D eigenvalue weighted by Crippen LogP contribution is -2.33. The molecule has 29 heavy (non-hydrogen) atoms. The maximum absolute atomic E-state index is 11.9. The second-order valence-corrected chi connectivity index (χ2v) is 6.99. The highest BCUT2D eigenvalue weighted by atomic mass is 19.3. The van der Waals surface area contributed by atoms with Gasteiger partial charge in [-0.25, -0.2) is 23.5 Å². The number of H-pyrrole nitrogens is 1. The van der Waals surface area contributed by atoms with E-state index in [1.807, 2.05) is 18.5 Å². The Bertz CT molecular complexity index is 1130. The molecule has 1 aliphatic heterocycles. The number of carbonyl (C=O) groups excluding carboxylic acids is 1. The minimum Gasteiger partial charge on any atom is -0.351 e. The monoisotopic (exact) mass is 405 g/mol. The number of halogens is 2. The van der Waals surface area contributed by atoms with Gasteiger partial charge in [-0.3, -0.25) is 4.40 Å². The summed E-state index contributed by atoms with van der Waals surface area (Å²) in [5, 5.41) is 7.82. The third-order valence-electron chi connectivity index (χ3n) is 5.00. The van der Waals surface area contributed by atoms with E-state index in [0.717, 1.165) is 35.0 Å². The number of nitrogens with two attached hydrogens (primary N) is 1. The number of hydrogen-bond acceptors (Lipinski definition) is 4. The first-order chi connectivity index (χ1) is 14.5. The van der Waals surface area contributed by atoms with Crippen LogP contribution in [0.4, 0.5) is 13.6 Å². The first-order valence-corrected chi connectivity index (χ1v) is 9.13. The molecule has 10 heteroatoms. The zero-order valence-corrected chi connectivity index (χ0v) is 16.1. The molecule has 154 valence electrons. The number of likely N-dealkylation sites (tertiary alicyclic amines) is 1. The quantitative estimate of drug-likeness (QED) is 0.695. The molecule has 0 aliphatic carbocycles. The van der Waals surface area contributed by atoms with Crippen LogP contribution in [0.25, 0.3) is 16.8 Å². The summed E-state index contributed by atoms with van der Waals surface area (Å²) in [7, 11) is 0. The number of nitriles is 1. The minimum atomic E-state index is -3.58. The summed E-state index contributed by atoms with van der Waals surface area (Å²) in [6, 6.07) is 2.52. The van der Waals surface area contributed by atoms with E-state index in [9.17, 15) is 13.6 Å². The smallest absolute Gasteiger partial charge is 0.314 e. The normalized spacial score (nSPS) is 20.7. The van der Waals surface area contributed by atoms with Gasteiger partial charge in [-0.2, -0.15) is 5.26 Å². The zero-order valence-electron chi connectivity index (χ0n) is 18.1. The molecule has 4 heterocycles. The second-order valence-electron chi connectivity index (χ2n) is 6.99. The molecule has 0 aromatic carbocycles. The lowest BCUT2D eigenvalue weighted by atomic mass is 9.91. The largest absolute Gasteiger partial charge is 0.351 e. The number of nitrogens with zero attached hydrogens (tertiary/aromatic N) is 5. The van der Waals surface area contributed by atoms with Crippen LogP contribution in [0, 0.1) is 17.2 Å². The highest BCUT2D eigenvalue weighted by Gasteiger charge is 2.36. The molecule has 2 atom stereocenters. The predicted molar refractivity (Wildman–Crippen MR) is 103 cm³/mol. The summed E-state index contributed by atoms with van der Waals surface area (Å²) in [6.07, 6.45) is 3.50. The van der Waals surface area contributed by atoms with Crippen molar-refractivity contribution in [1.29, 1.82) is 5.26 Å². The fraction of sp³-hybridized carbons (Fsp3) is 0.474. The third-order valence-corrected chi connectivity index (χ3v) is 5.00. The molecule has 0 saturated carbocycles. The first kappa shape index (κ1) is 17.8. The van der Waals surface area contributed by atoms with E-state index in [1.165, 1.54) is 0 Å². The van der Waals surface area contributed by atoms with Gasteiger partial charge in [0.15, 0.2) is 11.3 Å². The Morgan fingerprint density at radius 1 is 1.48 bits per heavy atom. The number of hydrogen-bond donors (Lipinski definition) is 2. The van der Waals surface area contributed by atoms with Crippen molar-refractivity contribution in [3.63, 3.8) is 0 Å². The van der Waals surface area contributed by atoms with Gasteiger partial charge >= 0.3 is 6.03 Å². The average molecular weight is 405 g/mol. The molecule has 0 spiro atoms. The van der Waals surface area contributed by atoms with Crippen LogP contribution in [0.2, 0.25) is 0 Å². The van der Waals surface area contributed by atoms with Crippen LogP contribution >= 0.6 is 0 Å². The van der Waals surface area contributed by atoms with E-state index >= 15 is 0 Å². The number of aromatic amines is 1. The van der Waals surface area contributed by atoms with Crippen LogP contribution in [0.5, 0.6) is 0 Å². The molecule has 1 aliphatic rings. The van der Waals surface area contributed by atoms with Crippen LogP contribution in [0.3, 0.4) is 0 Å². The Morgan fingerprint density at radius 2 is 2.24 bits per heavy atom. The highest BCUT2D eigenvalue weighted by Crippen LogP contribution is 2.35. The van der Waals surface area contributed by atoms with Crippen molar-refractivity contribution in [3.8, 4) is 6.07 Å². The molecule has 3 N–H and O–H groups in total. The maximum atomic E-state index is 11.9. The van der Waals surface area contributed by atoms with Crippen molar-refractivity contribution in [2.45, 2.75) is 38.5 Å². The molecular weight excluding hydrogens is 380 g/mol. The lowest BCUT2D eigenvalue weighted by molar-refractivity contribution is 0.0274. The Labute approximate surface area is 169 Å². The van der Waals surface area contributed by atoms with Crippen molar-refractivity contribution in [1.82, 2.24) is 24.3 Å². The maximum Gasteiger partial charge on any atom is 0.314 e. The van der Waals surface area contributed by atoms with E-state index in [4.69, 9.17) is 13.7 Å². The van der Waals surface area contributed by atoms with E-state index in [-0.39, 0.29) is 11.9 Å². The topological polar surface area (TPSA) is 116 Å². The summed E-state index contributed by atoms with van der Waals surface area (Å²) < 4.78 is 38.7. The fourth-order valence-electron chi connectivity index (χ4n) is 3.65. The van der Waals surface area contributed by atoms with Gasteiger partial charge in [0.25, 0.3) is 5.92 Å².